The number of pyridine rings is 1. The lowest BCUT2D eigenvalue weighted by atomic mass is 10.1. The smallest absolute Gasteiger partial charge is 0.241 e. The lowest BCUT2D eigenvalue weighted by molar-refractivity contribution is 0.834. The minimum absolute atomic E-state index is 0.302. The number of imidazole rings is 1. The van der Waals surface area contributed by atoms with Gasteiger partial charge in [-0.05, 0) is 32.0 Å². The second-order valence-corrected chi connectivity index (χ2v) is 5.55. The van der Waals surface area contributed by atoms with E-state index < -0.39 is 0 Å². The number of aromatic nitrogens is 5. The quantitative estimate of drug-likeness (QED) is 0.631. The number of hydrogen-bond acceptors (Lipinski definition) is 4. The molecule has 0 amide bonds. The van der Waals surface area contributed by atoms with E-state index >= 15 is 0 Å². The molecule has 6 nitrogen and oxygen atoms in total. The summed E-state index contributed by atoms with van der Waals surface area (Å²) in [4.78, 5) is 8.66. The maximum atomic E-state index is 4.49. The molecule has 22 heavy (non-hydrogen) atoms. The van der Waals surface area contributed by atoms with Crippen LogP contribution in [-0.2, 0) is 0 Å². The summed E-state index contributed by atoms with van der Waals surface area (Å²) in [5, 5.41) is 7.70. The van der Waals surface area contributed by atoms with Gasteiger partial charge in [0.05, 0.1) is 11.7 Å². The molecule has 0 atom stereocenters. The number of fused-ring (bicyclic) bond motifs is 2. The van der Waals surface area contributed by atoms with E-state index in [9.17, 15) is 0 Å². The highest BCUT2D eigenvalue weighted by molar-refractivity contribution is 5.80. The van der Waals surface area contributed by atoms with Gasteiger partial charge in [0.15, 0.2) is 0 Å². The van der Waals surface area contributed by atoms with Crippen LogP contribution in [0.5, 0.6) is 0 Å². The van der Waals surface area contributed by atoms with Gasteiger partial charge >= 0.3 is 0 Å². The maximum Gasteiger partial charge on any atom is 0.241 e. The van der Waals surface area contributed by atoms with Crippen molar-refractivity contribution in [3.8, 4) is 11.1 Å². The second-order valence-electron chi connectivity index (χ2n) is 5.55. The van der Waals surface area contributed by atoms with Gasteiger partial charge in [-0.2, -0.15) is 0 Å². The number of anilines is 1. The summed E-state index contributed by atoms with van der Waals surface area (Å²) in [5.74, 6) is 0.634. The molecule has 0 aromatic carbocycles. The van der Waals surface area contributed by atoms with Crippen molar-refractivity contribution >= 4 is 17.1 Å². The van der Waals surface area contributed by atoms with Crippen LogP contribution in [0.4, 0.5) is 5.95 Å². The molecule has 0 bridgehead atoms. The molecule has 0 aliphatic heterocycles. The van der Waals surface area contributed by atoms with E-state index in [2.05, 4.69) is 52.6 Å². The molecule has 110 valence electrons. The highest BCUT2D eigenvalue weighted by atomic mass is 15.3. The SMILES string of the molecule is CC(C)Nc1ncc2c(-c3ccc4nccn4c3)ccn2n1. The summed E-state index contributed by atoms with van der Waals surface area (Å²) in [6.45, 7) is 4.13. The third-order valence-electron chi connectivity index (χ3n) is 3.53. The molecule has 4 aromatic rings. The third kappa shape index (κ3) is 2.09. The van der Waals surface area contributed by atoms with Crippen molar-refractivity contribution in [2.75, 3.05) is 5.32 Å². The van der Waals surface area contributed by atoms with Gasteiger partial charge in [-0.15, -0.1) is 5.10 Å². The summed E-state index contributed by atoms with van der Waals surface area (Å²) in [6.07, 6.45) is 9.61. The van der Waals surface area contributed by atoms with Crippen molar-refractivity contribution in [2.45, 2.75) is 19.9 Å². The van der Waals surface area contributed by atoms with Crippen molar-refractivity contribution in [3.05, 3.63) is 49.2 Å². The van der Waals surface area contributed by atoms with E-state index in [0.29, 0.717) is 12.0 Å². The molecule has 4 aromatic heterocycles. The molecule has 0 saturated heterocycles. The number of rotatable bonds is 3. The van der Waals surface area contributed by atoms with Gasteiger partial charge in [0.2, 0.25) is 5.95 Å². The molecule has 0 aliphatic rings. The molecule has 4 heterocycles. The standard InChI is InChI=1S/C16H16N6/c1-11(2)19-16-18-9-14-13(5-7-22(14)20-16)12-3-4-15-17-6-8-21(15)10-12/h3-11H,1-2H3,(H,19,20). The molecule has 6 heteroatoms. The Morgan fingerprint density at radius 2 is 2.00 bits per heavy atom. The molecular weight excluding hydrogens is 276 g/mol. The van der Waals surface area contributed by atoms with Crippen LogP contribution in [0.1, 0.15) is 13.8 Å². The molecule has 0 radical (unpaired) electrons. The summed E-state index contributed by atoms with van der Waals surface area (Å²) >= 11 is 0. The van der Waals surface area contributed by atoms with E-state index in [1.54, 1.807) is 6.20 Å². The Morgan fingerprint density at radius 3 is 2.86 bits per heavy atom. The van der Waals surface area contributed by atoms with Crippen LogP contribution in [0.25, 0.3) is 22.3 Å². The first-order valence-corrected chi connectivity index (χ1v) is 7.25. The first-order valence-electron chi connectivity index (χ1n) is 7.25. The largest absolute Gasteiger partial charge is 0.351 e. The van der Waals surface area contributed by atoms with Gasteiger partial charge in [0.25, 0.3) is 0 Å². The molecule has 0 aliphatic carbocycles. The lowest BCUT2D eigenvalue weighted by Crippen LogP contribution is -2.13. The second kappa shape index (κ2) is 4.84. The molecule has 1 N–H and O–H groups in total. The molecule has 0 spiro atoms. The Bertz CT molecular complexity index is 950. The van der Waals surface area contributed by atoms with Crippen molar-refractivity contribution in [1.29, 1.82) is 0 Å². The Balaban J connectivity index is 1.81. The molecule has 0 saturated carbocycles. The number of nitrogens with one attached hydrogen (secondary N) is 1. The monoisotopic (exact) mass is 292 g/mol. The first kappa shape index (κ1) is 12.8. The summed E-state index contributed by atoms with van der Waals surface area (Å²) < 4.78 is 3.86. The Labute approximate surface area is 127 Å². The van der Waals surface area contributed by atoms with Gasteiger partial charge in [0.1, 0.15) is 5.65 Å². The predicted molar refractivity (Wildman–Crippen MR) is 85.9 cm³/mol. The highest BCUT2D eigenvalue weighted by Gasteiger charge is 2.09. The van der Waals surface area contributed by atoms with Crippen LogP contribution in [0.2, 0.25) is 0 Å². The van der Waals surface area contributed by atoms with Crippen molar-refractivity contribution < 1.29 is 0 Å². The van der Waals surface area contributed by atoms with Crippen LogP contribution in [0.3, 0.4) is 0 Å². The van der Waals surface area contributed by atoms with E-state index in [0.717, 1.165) is 22.3 Å². The fourth-order valence-electron chi connectivity index (χ4n) is 2.55. The Morgan fingerprint density at radius 1 is 1.09 bits per heavy atom. The van der Waals surface area contributed by atoms with Crippen LogP contribution in [-0.4, -0.2) is 30.0 Å². The van der Waals surface area contributed by atoms with Gasteiger partial charge in [0, 0.05) is 42.0 Å². The molecule has 4 rings (SSSR count). The number of hydrogen-bond donors (Lipinski definition) is 1. The van der Waals surface area contributed by atoms with Gasteiger partial charge < -0.3 is 9.72 Å². The third-order valence-corrected chi connectivity index (χ3v) is 3.53. The summed E-state index contributed by atoms with van der Waals surface area (Å²) in [6, 6.07) is 6.43. The highest BCUT2D eigenvalue weighted by Crippen LogP contribution is 2.25. The van der Waals surface area contributed by atoms with Crippen molar-refractivity contribution in [2.24, 2.45) is 0 Å². The zero-order valence-electron chi connectivity index (χ0n) is 12.4. The topological polar surface area (TPSA) is 59.5 Å². The molecule has 0 fully saturated rings. The lowest BCUT2D eigenvalue weighted by Gasteiger charge is -2.08. The van der Waals surface area contributed by atoms with E-state index in [1.807, 2.05) is 33.6 Å². The zero-order chi connectivity index (χ0) is 15.1. The van der Waals surface area contributed by atoms with E-state index in [-0.39, 0.29) is 0 Å². The molecule has 0 unspecified atom stereocenters. The minimum atomic E-state index is 0.302. The van der Waals surface area contributed by atoms with Crippen LogP contribution in [0.15, 0.2) is 49.2 Å². The fourth-order valence-corrected chi connectivity index (χ4v) is 2.55. The van der Waals surface area contributed by atoms with Crippen molar-refractivity contribution in [3.63, 3.8) is 0 Å². The van der Waals surface area contributed by atoms with Crippen molar-refractivity contribution in [1.82, 2.24) is 24.0 Å². The first-order chi connectivity index (χ1) is 10.7. The van der Waals surface area contributed by atoms with E-state index in [1.165, 1.54) is 0 Å². The van der Waals surface area contributed by atoms with E-state index in [4.69, 9.17) is 0 Å². The average Bonchev–Trinajstić information content (AvgIpc) is 3.11. The molecular formula is C16H16N6. The van der Waals surface area contributed by atoms with Gasteiger partial charge in [-0.25, -0.2) is 14.5 Å². The summed E-state index contributed by atoms with van der Waals surface area (Å²) in [7, 11) is 0. The normalized spacial score (nSPS) is 11.6. The Kier molecular flexibility index (Phi) is 2.82. The zero-order valence-corrected chi connectivity index (χ0v) is 12.4. The Hall–Kier alpha value is -2.89. The van der Waals surface area contributed by atoms with Gasteiger partial charge in [-0.1, -0.05) is 0 Å². The van der Waals surface area contributed by atoms with Crippen LogP contribution < -0.4 is 5.32 Å². The predicted octanol–water partition coefficient (Wildman–Crippen LogP) is 2.86. The average molecular weight is 292 g/mol. The van der Waals surface area contributed by atoms with Gasteiger partial charge in [-0.3, -0.25) is 0 Å². The maximum absolute atomic E-state index is 4.49. The van der Waals surface area contributed by atoms with Crippen LogP contribution >= 0.6 is 0 Å². The minimum Gasteiger partial charge on any atom is -0.351 e. The summed E-state index contributed by atoms with van der Waals surface area (Å²) in [5.41, 5.74) is 4.13. The fraction of sp³-hybridized carbons (Fsp3) is 0.188. The number of nitrogens with zero attached hydrogens (tertiary/aromatic N) is 5. The van der Waals surface area contributed by atoms with Crippen LogP contribution in [0, 0.1) is 0 Å².